The molecule has 0 saturated heterocycles. The van der Waals surface area contributed by atoms with Gasteiger partial charge in [0.15, 0.2) is 6.10 Å². The van der Waals surface area contributed by atoms with Crippen molar-refractivity contribution in [2.45, 2.75) is 45.1 Å². The highest BCUT2D eigenvalue weighted by Gasteiger charge is 2.15. The monoisotopic (exact) mass is 250 g/mol. The van der Waals surface area contributed by atoms with E-state index in [0.29, 0.717) is 19.4 Å². The maximum absolute atomic E-state index is 11.5. The standard InChI is InChI=1S/C15H22O3/c1-2-3-7-12-18-15(17)14(16)11-10-13-8-5-4-6-9-13/h4-6,8-9,14,16H,2-3,7,10-12H2,1H3. The molecular weight excluding hydrogens is 228 g/mol. The fourth-order valence-corrected chi connectivity index (χ4v) is 1.69. The molecule has 1 N–H and O–H groups in total. The first kappa shape index (κ1) is 14.7. The fourth-order valence-electron chi connectivity index (χ4n) is 1.69. The number of esters is 1. The van der Waals surface area contributed by atoms with Gasteiger partial charge in [0.2, 0.25) is 0 Å². The van der Waals surface area contributed by atoms with Gasteiger partial charge in [0, 0.05) is 0 Å². The molecule has 0 aromatic heterocycles. The molecule has 1 unspecified atom stereocenters. The van der Waals surface area contributed by atoms with Crippen molar-refractivity contribution < 1.29 is 14.6 Å². The zero-order valence-electron chi connectivity index (χ0n) is 11.0. The summed E-state index contributed by atoms with van der Waals surface area (Å²) in [5, 5.41) is 9.66. The van der Waals surface area contributed by atoms with Gasteiger partial charge in [0.1, 0.15) is 0 Å². The summed E-state index contributed by atoms with van der Waals surface area (Å²) in [6.45, 7) is 2.51. The molecule has 1 atom stereocenters. The highest BCUT2D eigenvalue weighted by atomic mass is 16.5. The molecule has 0 saturated carbocycles. The second-order valence-electron chi connectivity index (χ2n) is 4.41. The molecule has 0 bridgehead atoms. The van der Waals surface area contributed by atoms with E-state index in [0.717, 1.165) is 24.8 Å². The summed E-state index contributed by atoms with van der Waals surface area (Å²) in [5.74, 6) is -0.498. The van der Waals surface area contributed by atoms with Crippen molar-refractivity contribution >= 4 is 5.97 Å². The molecular formula is C15H22O3. The molecule has 3 heteroatoms. The van der Waals surface area contributed by atoms with Crippen molar-refractivity contribution in [1.82, 2.24) is 0 Å². The maximum Gasteiger partial charge on any atom is 0.334 e. The van der Waals surface area contributed by atoms with E-state index in [4.69, 9.17) is 4.74 Å². The van der Waals surface area contributed by atoms with Crippen LogP contribution in [0.2, 0.25) is 0 Å². The first-order valence-electron chi connectivity index (χ1n) is 6.62. The van der Waals surface area contributed by atoms with Gasteiger partial charge in [-0.05, 0) is 24.8 Å². The number of unbranched alkanes of at least 4 members (excludes halogenated alkanes) is 2. The van der Waals surface area contributed by atoms with Crippen molar-refractivity contribution in [3.05, 3.63) is 35.9 Å². The highest BCUT2D eigenvalue weighted by Crippen LogP contribution is 2.06. The smallest absolute Gasteiger partial charge is 0.334 e. The van der Waals surface area contributed by atoms with Crippen molar-refractivity contribution in [2.75, 3.05) is 6.61 Å². The Morgan fingerprint density at radius 2 is 2.00 bits per heavy atom. The second-order valence-corrected chi connectivity index (χ2v) is 4.41. The molecule has 0 aliphatic rings. The molecule has 0 heterocycles. The number of benzene rings is 1. The predicted molar refractivity (Wildman–Crippen MR) is 71.3 cm³/mol. The molecule has 0 radical (unpaired) electrons. The first-order valence-corrected chi connectivity index (χ1v) is 6.62. The Hall–Kier alpha value is -1.35. The number of aliphatic hydroxyl groups excluding tert-OH is 1. The van der Waals surface area contributed by atoms with Crippen LogP contribution < -0.4 is 0 Å². The minimum Gasteiger partial charge on any atom is -0.464 e. The summed E-state index contributed by atoms with van der Waals surface area (Å²) in [7, 11) is 0. The van der Waals surface area contributed by atoms with Crippen LogP contribution in [0.5, 0.6) is 0 Å². The van der Waals surface area contributed by atoms with Gasteiger partial charge in [0.25, 0.3) is 0 Å². The number of rotatable bonds is 8. The van der Waals surface area contributed by atoms with E-state index in [1.54, 1.807) is 0 Å². The number of hydrogen-bond donors (Lipinski definition) is 1. The highest BCUT2D eigenvalue weighted by molar-refractivity contribution is 5.74. The third-order valence-electron chi connectivity index (χ3n) is 2.81. The lowest BCUT2D eigenvalue weighted by molar-refractivity contribution is -0.153. The summed E-state index contributed by atoms with van der Waals surface area (Å²) < 4.78 is 5.01. The van der Waals surface area contributed by atoms with Crippen LogP contribution in [0.25, 0.3) is 0 Å². The van der Waals surface area contributed by atoms with Crippen LogP contribution in [-0.4, -0.2) is 23.8 Å². The summed E-state index contributed by atoms with van der Waals surface area (Å²) in [6.07, 6.45) is 3.10. The van der Waals surface area contributed by atoms with Gasteiger partial charge in [-0.1, -0.05) is 50.1 Å². The number of carbonyl (C=O) groups excluding carboxylic acids is 1. The van der Waals surface area contributed by atoms with E-state index in [9.17, 15) is 9.90 Å². The average Bonchev–Trinajstić information content (AvgIpc) is 2.42. The minimum atomic E-state index is -1.01. The first-order chi connectivity index (χ1) is 8.74. The van der Waals surface area contributed by atoms with Crippen LogP contribution in [0.15, 0.2) is 30.3 Å². The Morgan fingerprint density at radius 1 is 1.28 bits per heavy atom. The van der Waals surface area contributed by atoms with Gasteiger partial charge in [-0.15, -0.1) is 0 Å². The van der Waals surface area contributed by atoms with Gasteiger partial charge < -0.3 is 9.84 Å². The van der Waals surface area contributed by atoms with Crippen LogP contribution in [-0.2, 0) is 16.0 Å². The van der Waals surface area contributed by atoms with Gasteiger partial charge in [-0.3, -0.25) is 0 Å². The van der Waals surface area contributed by atoms with E-state index in [1.807, 2.05) is 30.3 Å². The molecule has 100 valence electrons. The number of aryl methyl sites for hydroxylation is 1. The minimum absolute atomic E-state index is 0.412. The Kier molecular flexibility index (Phi) is 7.11. The van der Waals surface area contributed by atoms with Crippen molar-refractivity contribution in [1.29, 1.82) is 0 Å². The van der Waals surface area contributed by atoms with Gasteiger partial charge in [0.05, 0.1) is 6.61 Å². The summed E-state index contributed by atoms with van der Waals surface area (Å²) in [4.78, 5) is 11.5. The maximum atomic E-state index is 11.5. The van der Waals surface area contributed by atoms with Crippen LogP contribution in [0.1, 0.15) is 38.2 Å². The fraction of sp³-hybridized carbons (Fsp3) is 0.533. The average molecular weight is 250 g/mol. The van der Waals surface area contributed by atoms with E-state index in [1.165, 1.54) is 0 Å². The number of ether oxygens (including phenoxy) is 1. The van der Waals surface area contributed by atoms with Crippen LogP contribution >= 0.6 is 0 Å². The SMILES string of the molecule is CCCCCOC(=O)C(O)CCc1ccccc1. The van der Waals surface area contributed by atoms with Crippen molar-refractivity contribution in [2.24, 2.45) is 0 Å². The number of carbonyl (C=O) groups is 1. The van der Waals surface area contributed by atoms with Crippen LogP contribution in [0.3, 0.4) is 0 Å². The molecule has 0 fully saturated rings. The normalized spacial score (nSPS) is 12.1. The molecule has 1 aromatic rings. The molecule has 0 aliphatic heterocycles. The second kappa shape index (κ2) is 8.70. The zero-order chi connectivity index (χ0) is 13.2. The molecule has 0 aliphatic carbocycles. The largest absolute Gasteiger partial charge is 0.464 e. The molecule has 1 aromatic carbocycles. The van der Waals surface area contributed by atoms with Gasteiger partial charge >= 0.3 is 5.97 Å². The van der Waals surface area contributed by atoms with Gasteiger partial charge in [-0.2, -0.15) is 0 Å². The Balaban J connectivity index is 2.19. The molecule has 0 amide bonds. The van der Waals surface area contributed by atoms with E-state index in [2.05, 4.69) is 6.92 Å². The third-order valence-corrected chi connectivity index (χ3v) is 2.81. The summed E-state index contributed by atoms with van der Waals surface area (Å²) >= 11 is 0. The van der Waals surface area contributed by atoms with E-state index < -0.39 is 12.1 Å². The van der Waals surface area contributed by atoms with Gasteiger partial charge in [-0.25, -0.2) is 4.79 Å². The molecule has 3 nitrogen and oxygen atoms in total. The summed E-state index contributed by atoms with van der Waals surface area (Å²) in [6, 6.07) is 9.82. The number of hydrogen-bond acceptors (Lipinski definition) is 3. The lowest BCUT2D eigenvalue weighted by Gasteiger charge is -2.10. The topological polar surface area (TPSA) is 46.5 Å². The lowest BCUT2D eigenvalue weighted by atomic mass is 10.1. The predicted octanol–water partition coefficient (Wildman–Crippen LogP) is 2.71. The third kappa shape index (κ3) is 5.82. The lowest BCUT2D eigenvalue weighted by Crippen LogP contribution is -2.24. The van der Waals surface area contributed by atoms with Crippen LogP contribution in [0, 0.1) is 0 Å². The molecule has 0 spiro atoms. The molecule has 1 rings (SSSR count). The van der Waals surface area contributed by atoms with Crippen molar-refractivity contribution in [3.63, 3.8) is 0 Å². The Labute approximate surface area is 109 Å². The Morgan fingerprint density at radius 3 is 2.67 bits per heavy atom. The Bertz CT molecular complexity index is 335. The van der Waals surface area contributed by atoms with E-state index >= 15 is 0 Å². The summed E-state index contributed by atoms with van der Waals surface area (Å²) in [5.41, 5.74) is 1.12. The zero-order valence-corrected chi connectivity index (χ0v) is 11.0. The van der Waals surface area contributed by atoms with Crippen LogP contribution in [0.4, 0.5) is 0 Å². The number of aliphatic hydroxyl groups is 1. The quantitative estimate of drug-likeness (QED) is 0.570. The van der Waals surface area contributed by atoms with Crippen molar-refractivity contribution in [3.8, 4) is 0 Å². The van der Waals surface area contributed by atoms with E-state index in [-0.39, 0.29) is 0 Å². The molecule has 18 heavy (non-hydrogen) atoms.